The second-order valence-electron chi connectivity index (χ2n) is 4.72. The standard InChI is InChI=1S/C12H14ClF3N2/c13-6-5-11(3-4-11)8-18-10-2-1-9(7-17-10)12(14,15)16/h1-2,7H,3-6,8H2,(H,17,18). The topological polar surface area (TPSA) is 24.9 Å². The molecule has 0 aliphatic heterocycles. The van der Waals surface area contributed by atoms with Crippen LogP contribution in [0.15, 0.2) is 18.3 Å². The predicted molar refractivity (Wildman–Crippen MR) is 64.7 cm³/mol. The summed E-state index contributed by atoms with van der Waals surface area (Å²) < 4.78 is 37.0. The second-order valence-corrected chi connectivity index (χ2v) is 5.10. The molecule has 1 aliphatic carbocycles. The maximum atomic E-state index is 12.3. The van der Waals surface area contributed by atoms with Crippen LogP contribution in [0.25, 0.3) is 0 Å². The first kappa shape index (κ1) is 13.5. The van der Waals surface area contributed by atoms with E-state index in [0.29, 0.717) is 11.7 Å². The third-order valence-corrected chi connectivity index (χ3v) is 3.51. The second kappa shape index (κ2) is 4.96. The van der Waals surface area contributed by atoms with Crippen molar-refractivity contribution in [3.05, 3.63) is 23.9 Å². The van der Waals surface area contributed by atoms with Gasteiger partial charge in [-0.05, 0) is 36.8 Å². The van der Waals surface area contributed by atoms with Gasteiger partial charge in [0.25, 0.3) is 0 Å². The fourth-order valence-corrected chi connectivity index (χ4v) is 2.24. The average Bonchev–Trinajstić information content (AvgIpc) is 3.07. The van der Waals surface area contributed by atoms with Crippen LogP contribution in [0.1, 0.15) is 24.8 Å². The Labute approximate surface area is 109 Å². The van der Waals surface area contributed by atoms with Crippen molar-refractivity contribution in [1.29, 1.82) is 0 Å². The summed E-state index contributed by atoms with van der Waals surface area (Å²) in [7, 11) is 0. The number of aromatic nitrogens is 1. The Bertz CT molecular complexity index is 399. The molecular formula is C12H14ClF3N2. The van der Waals surface area contributed by atoms with Gasteiger partial charge in [-0.25, -0.2) is 4.98 Å². The van der Waals surface area contributed by atoms with E-state index in [1.807, 2.05) is 0 Å². The first-order chi connectivity index (χ1) is 8.45. The summed E-state index contributed by atoms with van der Waals surface area (Å²) in [6, 6.07) is 2.40. The molecule has 1 aromatic heterocycles. The van der Waals surface area contributed by atoms with E-state index in [1.165, 1.54) is 6.07 Å². The molecule has 0 spiro atoms. The summed E-state index contributed by atoms with van der Waals surface area (Å²) in [5.41, 5.74) is -0.499. The molecule has 18 heavy (non-hydrogen) atoms. The van der Waals surface area contributed by atoms with E-state index in [9.17, 15) is 13.2 Å². The molecule has 0 saturated heterocycles. The lowest BCUT2D eigenvalue weighted by molar-refractivity contribution is -0.137. The van der Waals surface area contributed by atoms with Gasteiger partial charge in [0.2, 0.25) is 0 Å². The number of hydrogen-bond donors (Lipinski definition) is 1. The number of nitrogens with one attached hydrogen (secondary N) is 1. The van der Waals surface area contributed by atoms with Crippen LogP contribution in [0.4, 0.5) is 19.0 Å². The normalized spacial score (nSPS) is 17.6. The Kier molecular flexibility index (Phi) is 3.71. The average molecular weight is 279 g/mol. The fourth-order valence-electron chi connectivity index (χ4n) is 1.84. The highest BCUT2D eigenvalue weighted by Crippen LogP contribution is 2.48. The van der Waals surface area contributed by atoms with Crippen LogP contribution >= 0.6 is 11.6 Å². The molecule has 0 unspecified atom stereocenters. The molecule has 1 heterocycles. The van der Waals surface area contributed by atoms with Crippen molar-refractivity contribution in [1.82, 2.24) is 4.98 Å². The molecule has 1 saturated carbocycles. The minimum absolute atomic E-state index is 0.228. The molecule has 2 nitrogen and oxygen atoms in total. The van der Waals surface area contributed by atoms with E-state index in [2.05, 4.69) is 10.3 Å². The van der Waals surface area contributed by atoms with Crippen molar-refractivity contribution >= 4 is 17.4 Å². The highest BCUT2D eigenvalue weighted by atomic mass is 35.5. The maximum Gasteiger partial charge on any atom is 0.417 e. The molecular weight excluding hydrogens is 265 g/mol. The molecule has 0 atom stereocenters. The predicted octanol–water partition coefficient (Wildman–Crippen LogP) is 3.92. The molecule has 0 aromatic carbocycles. The van der Waals surface area contributed by atoms with E-state index in [4.69, 9.17) is 11.6 Å². The van der Waals surface area contributed by atoms with E-state index < -0.39 is 11.7 Å². The van der Waals surface area contributed by atoms with Crippen molar-refractivity contribution < 1.29 is 13.2 Å². The van der Waals surface area contributed by atoms with Crippen molar-refractivity contribution in [3.8, 4) is 0 Å². The summed E-state index contributed by atoms with van der Waals surface area (Å²) in [4.78, 5) is 3.77. The Morgan fingerprint density at radius 2 is 2.06 bits per heavy atom. The molecule has 100 valence electrons. The van der Waals surface area contributed by atoms with Crippen molar-refractivity contribution in [2.24, 2.45) is 5.41 Å². The first-order valence-corrected chi connectivity index (χ1v) is 6.32. The van der Waals surface area contributed by atoms with Crippen LogP contribution in [-0.2, 0) is 6.18 Å². The Morgan fingerprint density at radius 3 is 2.50 bits per heavy atom. The lowest BCUT2D eigenvalue weighted by Gasteiger charge is -2.15. The van der Waals surface area contributed by atoms with Gasteiger partial charge >= 0.3 is 6.18 Å². The van der Waals surface area contributed by atoms with E-state index in [-0.39, 0.29) is 5.41 Å². The lowest BCUT2D eigenvalue weighted by Crippen LogP contribution is -2.17. The Morgan fingerprint density at radius 1 is 1.33 bits per heavy atom. The highest BCUT2D eigenvalue weighted by Gasteiger charge is 2.41. The van der Waals surface area contributed by atoms with Gasteiger partial charge in [0.1, 0.15) is 5.82 Å². The molecule has 0 radical (unpaired) electrons. The zero-order chi connectivity index (χ0) is 13.2. The van der Waals surface area contributed by atoms with Gasteiger partial charge in [-0.1, -0.05) is 0 Å². The van der Waals surface area contributed by atoms with Gasteiger partial charge in [0, 0.05) is 18.6 Å². The number of pyridine rings is 1. The number of hydrogen-bond acceptors (Lipinski definition) is 2. The molecule has 1 aromatic rings. The number of alkyl halides is 4. The van der Waals surface area contributed by atoms with Gasteiger partial charge in [0.05, 0.1) is 5.56 Å². The minimum Gasteiger partial charge on any atom is -0.370 e. The van der Waals surface area contributed by atoms with Crippen LogP contribution in [0, 0.1) is 5.41 Å². The molecule has 1 aliphatic rings. The van der Waals surface area contributed by atoms with Gasteiger partial charge < -0.3 is 5.32 Å². The fraction of sp³-hybridized carbons (Fsp3) is 0.583. The SMILES string of the molecule is FC(F)(F)c1ccc(NCC2(CCCl)CC2)nc1. The Hall–Kier alpha value is -0.970. The van der Waals surface area contributed by atoms with E-state index in [1.54, 1.807) is 0 Å². The molecule has 1 fully saturated rings. The largest absolute Gasteiger partial charge is 0.417 e. The van der Waals surface area contributed by atoms with Gasteiger partial charge in [-0.2, -0.15) is 13.2 Å². The lowest BCUT2D eigenvalue weighted by atomic mass is 10.0. The summed E-state index contributed by atoms with van der Waals surface area (Å²) >= 11 is 5.71. The van der Waals surface area contributed by atoms with E-state index >= 15 is 0 Å². The quantitative estimate of drug-likeness (QED) is 0.826. The number of rotatable bonds is 5. The van der Waals surface area contributed by atoms with Crippen LogP contribution in [-0.4, -0.2) is 17.4 Å². The zero-order valence-electron chi connectivity index (χ0n) is 9.73. The summed E-state index contributed by atoms with van der Waals surface area (Å²) in [5.74, 6) is 1.09. The molecule has 0 bridgehead atoms. The van der Waals surface area contributed by atoms with Gasteiger partial charge in [-0.15, -0.1) is 11.6 Å². The monoisotopic (exact) mass is 278 g/mol. The third-order valence-electron chi connectivity index (χ3n) is 3.32. The molecule has 2 rings (SSSR count). The van der Waals surface area contributed by atoms with Crippen molar-refractivity contribution in [3.63, 3.8) is 0 Å². The molecule has 1 N–H and O–H groups in total. The molecule has 6 heteroatoms. The zero-order valence-corrected chi connectivity index (χ0v) is 10.5. The molecule has 0 amide bonds. The first-order valence-electron chi connectivity index (χ1n) is 5.78. The van der Waals surface area contributed by atoms with Crippen molar-refractivity contribution in [2.45, 2.75) is 25.4 Å². The minimum atomic E-state index is -4.33. The highest BCUT2D eigenvalue weighted by molar-refractivity contribution is 6.17. The van der Waals surface area contributed by atoms with Gasteiger partial charge in [0.15, 0.2) is 0 Å². The van der Waals surface area contributed by atoms with Crippen LogP contribution < -0.4 is 5.32 Å². The summed E-state index contributed by atoms with van der Waals surface area (Å²) in [5, 5.41) is 3.07. The van der Waals surface area contributed by atoms with Crippen molar-refractivity contribution in [2.75, 3.05) is 17.7 Å². The number of anilines is 1. The smallest absolute Gasteiger partial charge is 0.370 e. The van der Waals surface area contributed by atoms with Crippen LogP contribution in [0.2, 0.25) is 0 Å². The number of halogens is 4. The Balaban J connectivity index is 1.91. The van der Waals surface area contributed by atoms with E-state index in [0.717, 1.165) is 38.1 Å². The van der Waals surface area contributed by atoms with Gasteiger partial charge in [-0.3, -0.25) is 0 Å². The van der Waals surface area contributed by atoms with Crippen LogP contribution in [0.5, 0.6) is 0 Å². The maximum absolute atomic E-state index is 12.3. The summed E-state index contributed by atoms with van der Waals surface area (Å²) in [6.45, 7) is 0.720. The summed E-state index contributed by atoms with van der Waals surface area (Å²) in [6.07, 6.45) is -0.311. The van der Waals surface area contributed by atoms with Crippen LogP contribution in [0.3, 0.4) is 0 Å². The number of nitrogens with zero attached hydrogens (tertiary/aromatic N) is 1. The third kappa shape index (κ3) is 3.28.